The third-order valence-corrected chi connectivity index (χ3v) is 3.86. The van der Waals surface area contributed by atoms with Gasteiger partial charge in [-0.3, -0.25) is 4.79 Å². The number of nitrogens with zero attached hydrogens (tertiary/aromatic N) is 1. The van der Waals surface area contributed by atoms with Crippen molar-refractivity contribution in [3.8, 4) is 0 Å². The molecule has 1 aliphatic rings. The van der Waals surface area contributed by atoms with Crippen LogP contribution in [0.1, 0.15) is 18.1 Å². The number of ether oxygens (including phenoxy) is 1. The molecule has 0 bridgehead atoms. The van der Waals surface area contributed by atoms with E-state index >= 15 is 0 Å². The van der Waals surface area contributed by atoms with E-state index in [1.165, 1.54) is 6.92 Å². The van der Waals surface area contributed by atoms with Crippen LogP contribution < -0.4 is 5.32 Å². The van der Waals surface area contributed by atoms with Crippen LogP contribution in [0, 0.1) is 0 Å². The Labute approximate surface area is 153 Å². The van der Waals surface area contributed by atoms with Gasteiger partial charge in [0.15, 0.2) is 5.70 Å². The van der Waals surface area contributed by atoms with Gasteiger partial charge in [0.2, 0.25) is 11.8 Å². The minimum atomic E-state index is -0.563. The molecule has 1 N–H and O–H groups in total. The fourth-order valence-corrected chi connectivity index (χ4v) is 2.70. The number of hydrogen-bond donors (Lipinski definition) is 1. The molecule has 25 heavy (non-hydrogen) atoms. The largest absolute Gasteiger partial charge is 0.402 e. The first kappa shape index (κ1) is 17.2. The molecule has 3 rings (SSSR count). The van der Waals surface area contributed by atoms with Crippen LogP contribution in [-0.4, -0.2) is 17.8 Å². The second-order valence-corrected chi connectivity index (χ2v) is 6.11. The molecule has 7 heteroatoms. The van der Waals surface area contributed by atoms with E-state index in [0.29, 0.717) is 21.3 Å². The molecule has 1 aliphatic heterocycles. The molecule has 0 atom stereocenters. The van der Waals surface area contributed by atoms with Crippen LogP contribution in [0.25, 0.3) is 6.08 Å². The molecular weight excluding hydrogens is 363 g/mol. The fourth-order valence-electron chi connectivity index (χ4n) is 2.21. The second kappa shape index (κ2) is 7.09. The summed E-state index contributed by atoms with van der Waals surface area (Å²) in [6.45, 7) is 1.43. The number of benzene rings is 2. The van der Waals surface area contributed by atoms with Gasteiger partial charge in [-0.05, 0) is 42.0 Å². The third-order valence-electron chi connectivity index (χ3n) is 3.32. The quantitative estimate of drug-likeness (QED) is 0.643. The van der Waals surface area contributed by atoms with Crippen molar-refractivity contribution < 1.29 is 14.3 Å². The first-order chi connectivity index (χ1) is 11.9. The van der Waals surface area contributed by atoms with Crippen molar-refractivity contribution in [2.45, 2.75) is 6.92 Å². The van der Waals surface area contributed by atoms with Crippen molar-refractivity contribution >= 4 is 52.7 Å². The summed E-state index contributed by atoms with van der Waals surface area (Å²) in [4.78, 5) is 27.2. The number of carbonyl (C=O) groups excluding carboxylic acids is 2. The van der Waals surface area contributed by atoms with E-state index in [1.807, 2.05) is 0 Å². The number of hydrogen-bond acceptors (Lipinski definition) is 4. The monoisotopic (exact) mass is 374 g/mol. The first-order valence-electron chi connectivity index (χ1n) is 7.28. The Bertz CT molecular complexity index is 918. The van der Waals surface area contributed by atoms with Crippen LogP contribution in [0.3, 0.4) is 0 Å². The molecule has 0 saturated carbocycles. The van der Waals surface area contributed by atoms with Crippen LogP contribution in [0.15, 0.2) is 53.2 Å². The van der Waals surface area contributed by atoms with Gasteiger partial charge in [-0.25, -0.2) is 9.79 Å². The maximum absolute atomic E-state index is 12.0. The summed E-state index contributed by atoms with van der Waals surface area (Å²) < 4.78 is 5.19. The van der Waals surface area contributed by atoms with Gasteiger partial charge in [-0.2, -0.15) is 0 Å². The molecule has 0 saturated heterocycles. The summed E-state index contributed by atoms with van der Waals surface area (Å²) in [5.74, 6) is -0.584. The SMILES string of the molecule is CC(=O)Nc1ccc(/C=C2\N=C(c3ccc(Cl)cc3Cl)OC2=O)cc1. The van der Waals surface area contributed by atoms with Crippen LogP contribution in [0.5, 0.6) is 0 Å². The van der Waals surface area contributed by atoms with Crippen LogP contribution >= 0.6 is 23.2 Å². The van der Waals surface area contributed by atoms with Crippen molar-refractivity contribution in [1.82, 2.24) is 0 Å². The lowest BCUT2D eigenvalue weighted by Gasteiger charge is -2.02. The van der Waals surface area contributed by atoms with E-state index in [0.717, 1.165) is 5.56 Å². The topological polar surface area (TPSA) is 67.8 Å². The molecule has 0 radical (unpaired) electrons. The molecule has 2 aromatic carbocycles. The lowest BCUT2D eigenvalue weighted by molar-refractivity contribution is -0.129. The molecule has 2 aromatic rings. The van der Waals surface area contributed by atoms with Gasteiger partial charge in [0.25, 0.3) is 0 Å². The average Bonchev–Trinajstić information content (AvgIpc) is 2.89. The predicted octanol–water partition coefficient (Wildman–Crippen LogP) is 4.30. The Balaban J connectivity index is 1.86. The number of aliphatic imine (C=N–C) groups is 1. The van der Waals surface area contributed by atoms with E-state index in [2.05, 4.69) is 10.3 Å². The average molecular weight is 375 g/mol. The fraction of sp³-hybridized carbons (Fsp3) is 0.0556. The van der Waals surface area contributed by atoms with E-state index in [1.54, 1.807) is 48.5 Å². The van der Waals surface area contributed by atoms with Crippen molar-refractivity contribution in [3.05, 3.63) is 69.3 Å². The zero-order valence-corrected chi connectivity index (χ0v) is 14.6. The maximum atomic E-state index is 12.0. The Kier molecular flexibility index (Phi) is 4.88. The Hall–Kier alpha value is -2.63. The highest BCUT2D eigenvalue weighted by atomic mass is 35.5. The van der Waals surface area contributed by atoms with Crippen LogP contribution in [0.4, 0.5) is 5.69 Å². The van der Waals surface area contributed by atoms with E-state index in [-0.39, 0.29) is 17.5 Å². The van der Waals surface area contributed by atoms with Gasteiger partial charge in [0.1, 0.15) is 0 Å². The van der Waals surface area contributed by atoms with Gasteiger partial charge < -0.3 is 10.1 Å². The summed E-state index contributed by atoms with van der Waals surface area (Å²) in [6, 6.07) is 11.8. The molecule has 0 fully saturated rings. The normalized spacial score (nSPS) is 15.1. The number of amides is 1. The van der Waals surface area contributed by atoms with Gasteiger partial charge in [-0.1, -0.05) is 35.3 Å². The zero-order valence-electron chi connectivity index (χ0n) is 13.0. The number of nitrogens with one attached hydrogen (secondary N) is 1. The molecule has 0 aromatic heterocycles. The summed E-state index contributed by atoms with van der Waals surface area (Å²) in [6.07, 6.45) is 1.59. The van der Waals surface area contributed by atoms with Gasteiger partial charge in [0.05, 0.1) is 10.6 Å². The highest BCUT2D eigenvalue weighted by Crippen LogP contribution is 2.26. The zero-order chi connectivity index (χ0) is 18.0. The third kappa shape index (κ3) is 4.07. The molecule has 126 valence electrons. The number of halogens is 2. The molecule has 0 aliphatic carbocycles. The molecule has 5 nitrogen and oxygen atoms in total. The van der Waals surface area contributed by atoms with Gasteiger partial charge in [0, 0.05) is 17.6 Å². The van der Waals surface area contributed by atoms with Gasteiger partial charge in [-0.15, -0.1) is 0 Å². The minimum absolute atomic E-state index is 0.132. The van der Waals surface area contributed by atoms with E-state index in [4.69, 9.17) is 27.9 Å². The molecule has 1 heterocycles. The number of carbonyl (C=O) groups is 2. The second-order valence-electron chi connectivity index (χ2n) is 5.26. The summed E-state index contributed by atoms with van der Waals surface area (Å²) in [7, 11) is 0. The van der Waals surface area contributed by atoms with Crippen LogP contribution in [-0.2, 0) is 14.3 Å². The molecule has 0 unspecified atom stereocenters. The summed E-state index contributed by atoms with van der Waals surface area (Å²) in [5, 5.41) is 3.50. The predicted molar refractivity (Wildman–Crippen MR) is 97.8 cm³/mol. The van der Waals surface area contributed by atoms with Crippen molar-refractivity contribution in [3.63, 3.8) is 0 Å². The Morgan fingerprint density at radius 1 is 1.16 bits per heavy atom. The molecule has 1 amide bonds. The van der Waals surface area contributed by atoms with E-state index < -0.39 is 5.97 Å². The number of anilines is 1. The van der Waals surface area contributed by atoms with Crippen molar-refractivity contribution in [2.75, 3.05) is 5.32 Å². The number of cyclic esters (lactones) is 1. The smallest absolute Gasteiger partial charge is 0.363 e. The lowest BCUT2D eigenvalue weighted by Crippen LogP contribution is -2.06. The number of rotatable bonds is 3. The van der Waals surface area contributed by atoms with E-state index in [9.17, 15) is 9.59 Å². The first-order valence-corrected chi connectivity index (χ1v) is 8.03. The standard InChI is InChI=1S/C18H12Cl2N2O3/c1-10(23)21-13-5-2-11(3-6-13)8-16-18(24)25-17(22-16)14-7-4-12(19)9-15(14)20/h2-9H,1H3,(H,21,23)/b16-8-. The Morgan fingerprint density at radius 2 is 1.88 bits per heavy atom. The summed E-state index contributed by atoms with van der Waals surface area (Å²) >= 11 is 12.0. The minimum Gasteiger partial charge on any atom is -0.402 e. The van der Waals surface area contributed by atoms with Crippen LogP contribution in [0.2, 0.25) is 10.0 Å². The highest BCUT2D eigenvalue weighted by Gasteiger charge is 2.25. The number of esters is 1. The van der Waals surface area contributed by atoms with Crippen molar-refractivity contribution in [1.29, 1.82) is 0 Å². The lowest BCUT2D eigenvalue weighted by atomic mass is 10.1. The summed E-state index contributed by atoms with van der Waals surface area (Å²) in [5.41, 5.74) is 2.06. The highest BCUT2D eigenvalue weighted by molar-refractivity contribution is 6.37. The maximum Gasteiger partial charge on any atom is 0.363 e. The van der Waals surface area contributed by atoms with Crippen molar-refractivity contribution in [2.24, 2.45) is 4.99 Å². The molecule has 0 spiro atoms. The molecular formula is C18H12Cl2N2O3. The van der Waals surface area contributed by atoms with Gasteiger partial charge >= 0.3 is 5.97 Å². The Morgan fingerprint density at radius 3 is 2.52 bits per heavy atom.